The molecule has 2 heterocycles. The third-order valence-electron chi connectivity index (χ3n) is 7.25. The van der Waals surface area contributed by atoms with Crippen molar-refractivity contribution in [3.8, 4) is 0 Å². The van der Waals surface area contributed by atoms with Crippen LogP contribution in [0.1, 0.15) is 64.0 Å². The zero-order valence-corrected chi connectivity index (χ0v) is 19.3. The molecule has 1 fully saturated rings. The topological polar surface area (TPSA) is 37.3 Å². The zero-order chi connectivity index (χ0) is 21.9. The molecule has 2 aliphatic heterocycles. The van der Waals surface area contributed by atoms with E-state index in [2.05, 4.69) is 84.5 Å². The van der Waals surface area contributed by atoms with Crippen LogP contribution in [0.25, 0.3) is 0 Å². The van der Waals surface area contributed by atoms with Crippen LogP contribution in [0.4, 0.5) is 0 Å². The van der Waals surface area contributed by atoms with Gasteiger partial charge in [0.05, 0.1) is 11.6 Å². The van der Waals surface area contributed by atoms with Crippen LogP contribution in [0.3, 0.4) is 0 Å². The second kappa shape index (κ2) is 9.01. The summed E-state index contributed by atoms with van der Waals surface area (Å²) in [6, 6.07) is 21.1. The largest absolute Gasteiger partial charge is 0.377 e. The van der Waals surface area contributed by atoms with Crippen LogP contribution < -0.4 is 0 Å². The molecule has 0 bridgehead atoms. The Morgan fingerprint density at radius 1 is 1.03 bits per heavy atom. The van der Waals surface area contributed by atoms with E-state index in [1.54, 1.807) is 0 Å². The number of amidine groups is 1. The van der Waals surface area contributed by atoms with E-state index in [-0.39, 0.29) is 11.6 Å². The van der Waals surface area contributed by atoms with Crippen molar-refractivity contribution < 1.29 is 9.57 Å². The first kappa shape index (κ1) is 21.8. The highest BCUT2D eigenvalue weighted by Crippen LogP contribution is 2.45. The molecule has 5 heteroatoms. The molecule has 2 aromatic carbocycles. The van der Waals surface area contributed by atoms with Gasteiger partial charge in [-0.05, 0) is 25.7 Å². The Morgan fingerprint density at radius 2 is 1.68 bits per heavy atom. The first-order chi connectivity index (χ1) is 15.2. The SMILES string of the molecule is CCC(CC)(OC)[C@@H]1CCCN1N1C(c2ccccc2)=NO[C@@]1(CC)c1ccccc1. The van der Waals surface area contributed by atoms with Gasteiger partial charge in [-0.3, -0.25) is 0 Å². The number of rotatable bonds is 8. The van der Waals surface area contributed by atoms with E-state index in [0.717, 1.165) is 55.6 Å². The molecule has 2 aliphatic rings. The standard InChI is InChI=1S/C26H35N3O2/c1-5-25(6-2,30-4)23-19-14-20-28(23)29-24(21-15-10-8-11-16-21)27-31-26(29,7-3)22-17-12-9-13-18-22/h8-13,15-18,23H,5-7,14,19-20H2,1-4H3/t23-,26-/m0/s1. The van der Waals surface area contributed by atoms with Gasteiger partial charge in [-0.2, -0.15) is 0 Å². The molecular weight excluding hydrogens is 386 g/mol. The summed E-state index contributed by atoms with van der Waals surface area (Å²) < 4.78 is 6.21. The number of nitrogens with zero attached hydrogens (tertiary/aromatic N) is 3. The predicted octanol–water partition coefficient (Wildman–Crippen LogP) is 5.53. The van der Waals surface area contributed by atoms with Gasteiger partial charge in [-0.1, -0.05) is 86.6 Å². The molecule has 5 nitrogen and oxygen atoms in total. The first-order valence-corrected chi connectivity index (χ1v) is 11.6. The number of hydrogen-bond donors (Lipinski definition) is 0. The quantitative estimate of drug-likeness (QED) is 0.562. The highest BCUT2D eigenvalue weighted by atomic mass is 16.7. The molecular formula is C26H35N3O2. The lowest BCUT2D eigenvalue weighted by Crippen LogP contribution is -2.62. The Morgan fingerprint density at radius 3 is 2.26 bits per heavy atom. The summed E-state index contributed by atoms with van der Waals surface area (Å²) in [5.74, 6) is 0.871. The van der Waals surface area contributed by atoms with E-state index in [0.29, 0.717) is 0 Å². The minimum absolute atomic E-state index is 0.197. The number of benzene rings is 2. The molecule has 0 aliphatic carbocycles. The van der Waals surface area contributed by atoms with Gasteiger partial charge in [-0.15, -0.1) is 0 Å². The Hall–Kier alpha value is -2.37. The molecule has 0 radical (unpaired) electrons. The monoisotopic (exact) mass is 421 g/mol. The van der Waals surface area contributed by atoms with Gasteiger partial charge < -0.3 is 9.57 Å². The molecule has 0 saturated carbocycles. The van der Waals surface area contributed by atoms with Crippen LogP contribution in [0.5, 0.6) is 0 Å². The van der Waals surface area contributed by atoms with Gasteiger partial charge in [0.15, 0.2) is 5.84 Å². The maximum atomic E-state index is 6.36. The van der Waals surface area contributed by atoms with Gasteiger partial charge in [0.1, 0.15) is 0 Å². The van der Waals surface area contributed by atoms with Gasteiger partial charge in [0.2, 0.25) is 5.72 Å². The summed E-state index contributed by atoms with van der Waals surface area (Å²) in [5.41, 5.74) is 1.32. The molecule has 0 unspecified atom stereocenters. The lowest BCUT2D eigenvalue weighted by atomic mass is 9.86. The van der Waals surface area contributed by atoms with Crippen molar-refractivity contribution in [2.24, 2.45) is 5.16 Å². The summed E-state index contributed by atoms with van der Waals surface area (Å²) in [7, 11) is 1.86. The third kappa shape index (κ3) is 3.54. The molecule has 0 spiro atoms. The predicted molar refractivity (Wildman–Crippen MR) is 124 cm³/mol. The number of hydrogen-bond acceptors (Lipinski definition) is 5. The number of oxime groups is 1. The van der Waals surface area contributed by atoms with Crippen LogP contribution in [0.2, 0.25) is 0 Å². The van der Waals surface area contributed by atoms with Crippen molar-refractivity contribution in [2.45, 2.75) is 70.2 Å². The van der Waals surface area contributed by atoms with Crippen LogP contribution in [0, 0.1) is 0 Å². The maximum absolute atomic E-state index is 6.36. The van der Waals surface area contributed by atoms with Gasteiger partial charge >= 0.3 is 0 Å². The minimum atomic E-state index is -0.671. The van der Waals surface area contributed by atoms with E-state index in [1.807, 2.05) is 19.2 Å². The number of methoxy groups -OCH3 is 1. The number of ether oxygens (including phenoxy) is 1. The van der Waals surface area contributed by atoms with Crippen LogP contribution in [-0.2, 0) is 15.3 Å². The van der Waals surface area contributed by atoms with E-state index < -0.39 is 5.72 Å². The molecule has 166 valence electrons. The normalized spacial score (nSPS) is 24.3. The second-order valence-corrected chi connectivity index (χ2v) is 8.49. The molecule has 2 atom stereocenters. The van der Waals surface area contributed by atoms with Crippen molar-refractivity contribution in [3.05, 3.63) is 71.8 Å². The highest BCUT2D eigenvalue weighted by molar-refractivity contribution is 5.99. The lowest BCUT2D eigenvalue weighted by molar-refractivity contribution is -0.211. The van der Waals surface area contributed by atoms with Crippen LogP contribution in [-0.4, -0.2) is 41.2 Å². The average Bonchev–Trinajstić information content (AvgIpc) is 3.47. The van der Waals surface area contributed by atoms with Crippen LogP contribution >= 0.6 is 0 Å². The summed E-state index contributed by atoms with van der Waals surface area (Å²) in [4.78, 5) is 6.36. The molecule has 31 heavy (non-hydrogen) atoms. The molecule has 0 N–H and O–H groups in total. The summed E-state index contributed by atoms with van der Waals surface area (Å²) in [6.07, 6.45) is 4.94. The number of hydrazine groups is 1. The molecule has 4 rings (SSSR count). The Balaban J connectivity index is 1.84. The molecule has 0 aromatic heterocycles. The van der Waals surface area contributed by atoms with E-state index in [9.17, 15) is 0 Å². The van der Waals surface area contributed by atoms with E-state index >= 15 is 0 Å². The summed E-state index contributed by atoms with van der Waals surface area (Å²) in [5, 5.41) is 9.52. The summed E-state index contributed by atoms with van der Waals surface area (Å²) >= 11 is 0. The summed E-state index contributed by atoms with van der Waals surface area (Å²) in [6.45, 7) is 7.61. The Kier molecular flexibility index (Phi) is 6.35. The second-order valence-electron chi connectivity index (χ2n) is 8.49. The minimum Gasteiger partial charge on any atom is -0.377 e. The lowest BCUT2D eigenvalue weighted by Gasteiger charge is -2.49. The molecule has 2 aromatic rings. The Labute approximate surface area is 186 Å². The fraction of sp³-hybridized carbons (Fsp3) is 0.500. The van der Waals surface area contributed by atoms with Crippen molar-refractivity contribution in [3.63, 3.8) is 0 Å². The van der Waals surface area contributed by atoms with Gasteiger partial charge in [0, 0.05) is 31.2 Å². The van der Waals surface area contributed by atoms with E-state index in [4.69, 9.17) is 9.57 Å². The molecule has 1 saturated heterocycles. The van der Waals surface area contributed by atoms with Crippen molar-refractivity contribution in [1.29, 1.82) is 0 Å². The first-order valence-electron chi connectivity index (χ1n) is 11.6. The smallest absolute Gasteiger partial charge is 0.250 e. The van der Waals surface area contributed by atoms with Gasteiger partial charge in [-0.25, -0.2) is 10.0 Å². The van der Waals surface area contributed by atoms with Crippen molar-refractivity contribution in [1.82, 2.24) is 10.0 Å². The van der Waals surface area contributed by atoms with Crippen molar-refractivity contribution in [2.75, 3.05) is 13.7 Å². The van der Waals surface area contributed by atoms with Crippen molar-refractivity contribution >= 4 is 5.84 Å². The molecule has 0 amide bonds. The highest BCUT2D eigenvalue weighted by Gasteiger charge is 2.55. The van der Waals surface area contributed by atoms with Gasteiger partial charge in [0.25, 0.3) is 0 Å². The fourth-order valence-electron chi connectivity index (χ4n) is 5.42. The fourth-order valence-corrected chi connectivity index (χ4v) is 5.42. The Bertz CT molecular complexity index is 874. The zero-order valence-electron chi connectivity index (χ0n) is 19.3. The average molecular weight is 422 g/mol. The van der Waals surface area contributed by atoms with Crippen LogP contribution in [0.15, 0.2) is 65.8 Å². The maximum Gasteiger partial charge on any atom is 0.250 e. The van der Waals surface area contributed by atoms with E-state index in [1.165, 1.54) is 0 Å². The third-order valence-corrected chi connectivity index (χ3v) is 7.25.